The first kappa shape index (κ1) is 11.2. The third-order valence-corrected chi connectivity index (χ3v) is 4.14. The molecule has 92 valence electrons. The number of hydrogen-bond donors (Lipinski definition) is 1. The van der Waals surface area contributed by atoms with E-state index in [1.165, 1.54) is 37.1 Å². The Hall–Kier alpha value is -0.860. The zero-order chi connectivity index (χ0) is 11.7. The van der Waals surface area contributed by atoms with E-state index in [-0.39, 0.29) is 0 Å². The summed E-state index contributed by atoms with van der Waals surface area (Å²) in [6.07, 6.45) is 2.88. The highest BCUT2D eigenvalue weighted by atomic mass is 15.2. The fourth-order valence-electron chi connectivity index (χ4n) is 2.83. The van der Waals surface area contributed by atoms with Crippen LogP contribution in [0.4, 0.5) is 0 Å². The Morgan fingerprint density at radius 3 is 2.88 bits per heavy atom. The standard InChI is InChI=1S/C15H22N2/c1-12-4-2-3-5-14(12)10-17-9-8-16-15(11-17)13-6-7-13/h2-5,13,15-16H,6-11H2,1H3. The van der Waals surface area contributed by atoms with Gasteiger partial charge in [0.1, 0.15) is 0 Å². The van der Waals surface area contributed by atoms with Gasteiger partial charge in [-0.3, -0.25) is 4.90 Å². The fraction of sp³-hybridized carbons (Fsp3) is 0.600. The molecule has 1 atom stereocenters. The first-order chi connectivity index (χ1) is 8.33. The summed E-state index contributed by atoms with van der Waals surface area (Å²) >= 11 is 0. The van der Waals surface area contributed by atoms with Gasteiger partial charge < -0.3 is 5.32 Å². The molecule has 1 N–H and O–H groups in total. The molecule has 1 aromatic carbocycles. The molecular weight excluding hydrogens is 208 g/mol. The highest BCUT2D eigenvalue weighted by Crippen LogP contribution is 2.33. The van der Waals surface area contributed by atoms with Crippen LogP contribution in [0, 0.1) is 12.8 Å². The van der Waals surface area contributed by atoms with Crippen LogP contribution < -0.4 is 5.32 Å². The van der Waals surface area contributed by atoms with E-state index in [1.54, 1.807) is 0 Å². The quantitative estimate of drug-likeness (QED) is 0.856. The van der Waals surface area contributed by atoms with E-state index >= 15 is 0 Å². The first-order valence-corrected chi connectivity index (χ1v) is 6.83. The average Bonchev–Trinajstić information content (AvgIpc) is 3.17. The summed E-state index contributed by atoms with van der Waals surface area (Å²) in [4.78, 5) is 2.61. The fourth-order valence-corrected chi connectivity index (χ4v) is 2.83. The van der Waals surface area contributed by atoms with Gasteiger partial charge in [0.2, 0.25) is 0 Å². The molecule has 0 amide bonds. The van der Waals surface area contributed by atoms with Crippen LogP contribution in [0.25, 0.3) is 0 Å². The van der Waals surface area contributed by atoms with Gasteiger partial charge in [0.15, 0.2) is 0 Å². The lowest BCUT2D eigenvalue weighted by atomic mass is 10.1. The summed E-state index contributed by atoms with van der Waals surface area (Å²) in [5, 5.41) is 3.67. The molecule has 0 aromatic heterocycles. The molecule has 2 heteroatoms. The van der Waals surface area contributed by atoms with Crippen molar-refractivity contribution in [1.82, 2.24) is 10.2 Å². The molecule has 1 saturated carbocycles. The molecule has 2 fully saturated rings. The number of nitrogens with zero attached hydrogens (tertiary/aromatic N) is 1. The molecule has 2 nitrogen and oxygen atoms in total. The second-order valence-electron chi connectivity index (χ2n) is 5.56. The monoisotopic (exact) mass is 230 g/mol. The maximum absolute atomic E-state index is 3.67. The van der Waals surface area contributed by atoms with Crippen molar-refractivity contribution in [2.75, 3.05) is 19.6 Å². The lowest BCUT2D eigenvalue weighted by Crippen LogP contribution is -2.51. The van der Waals surface area contributed by atoms with Crippen molar-refractivity contribution in [3.8, 4) is 0 Å². The summed E-state index contributed by atoms with van der Waals surface area (Å²) in [5.41, 5.74) is 2.91. The zero-order valence-electron chi connectivity index (χ0n) is 10.7. The Labute approximate surface area is 104 Å². The van der Waals surface area contributed by atoms with E-state index in [1.807, 2.05) is 0 Å². The molecule has 1 heterocycles. The largest absolute Gasteiger partial charge is 0.311 e. The number of benzene rings is 1. The molecule has 1 aliphatic heterocycles. The SMILES string of the molecule is Cc1ccccc1CN1CCNC(C2CC2)C1. The molecule has 2 aliphatic rings. The van der Waals surface area contributed by atoms with Crippen LogP contribution in [0.2, 0.25) is 0 Å². The lowest BCUT2D eigenvalue weighted by Gasteiger charge is -2.34. The summed E-state index contributed by atoms with van der Waals surface area (Å²) in [7, 11) is 0. The van der Waals surface area contributed by atoms with Gasteiger partial charge in [-0.25, -0.2) is 0 Å². The highest BCUT2D eigenvalue weighted by Gasteiger charge is 2.33. The normalized spacial score (nSPS) is 26.1. The number of rotatable bonds is 3. The Bertz CT molecular complexity index is 384. The molecule has 17 heavy (non-hydrogen) atoms. The Morgan fingerprint density at radius 1 is 1.29 bits per heavy atom. The van der Waals surface area contributed by atoms with E-state index in [2.05, 4.69) is 41.4 Å². The molecule has 0 radical (unpaired) electrons. The van der Waals surface area contributed by atoms with E-state index in [9.17, 15) is 0 Å². The van der Waals surface area contributed by atoms with Gasteiger partial charge in [0.05, 0.1) is 0 Å². The van der Waals surface area contributed by atoms with Crippen LogP contribution in [0.15, 0.2) is 24.3 Å². The van der Waals surface area contributed by atoms with Crippen LogP contribution in [0.5, 0.6) is 0 Å². The Balaban J connectivity index is 1.62. The second-order valence-corrected chi connectivity index (χ2v) is 5.56. The van der Waals surface area contributed by atoms with E-state index in [0.717, 1.165) is 25.0 Å². The topological polar surface area (TPSA) is 15.3 Å². The molecule has 1 aliphatic carbocycles. The maximum Gasteiger partial charge on any atom is 0.0237 e. The number of aryl methyl sites for hydroxylation is 1. The minimum Gasteiger partial charge on any atom is -0.311 e. The Morgan fingerprint density at radius 2 is 2.12 bits per heavy atom. The van der Waals surface area contributed by atoms with Crippen molar-refractivity contribution >= 4 is 0 Å². The van der Waals surface area contributed by atoms with Gasteiger partial charge in [-0.1, -0.05) is 24.3 Å². The third-order valence-electron chi connectivity index (χ3n) is 4.14. The lowest BCUT2D eigenvalue weighted by molar-refractivity contribution is 0.181. The van der Waals surface area contributed by atoms with Crippen molar-refractivity contribution in [3.05, 3.63) is 35.4 Å². The van der Waals surface area contributed by atoms with Gasteiger partial charge in [0, 0.05) is 32.2 Å². The minimum atomic E-state index is 0.757. The van der Waals surface area contributed by atoms with Crippen LogP contribution in [-0.2, 0) is 6.54 Å². The number of hydrogen-bond acceptors (Lipinski definition) is 2. The van der Waals surface area contributed by atoms with Crippen LogP contribution in [0.3, 0.4) is 0 Å². The van der Waals surface area contributed by atoms with E-state index in [4.69, 9.17) is 0 Å². The third kappa shape index (κ3) is 2.70. The van der Waals surface area contributed by atoms with Gasteiger partial charge >= 0.3 is 0 Å². The van der Waals surface area contributed by atoms with E-state index in [0.29, 0.717) is 0 Å². The van der Waals surface area contributed by atoms with Crippen molar-refractivity contribution in [3.63, 3.8) is 0 Å². The van der Waals surface area contributed by atoms with Gasteiger partial charge in [0.25, 0.3) is 0 Å². The maximum atomic E-state index is 3.67. The molecule has 1 unspecified atom stereocenters. The van der Waals surface area contributed by atoms with Gasteiger partial charge in [-0.2, -0.15) is 0 Å². The molecule has 0 bridgehead atoms. The van der Waals surface area contributed by atoms with Gasteiger partial charge in [-0.15, -0.1) is 0 Å². The number of nitrogens with one attached hydrogen (secondary N) is 1. The van der Waals surface area contributed by atoms with Crippen molar-refractivity contribution in [2.24, 2.45) is 5.92 Å². The second kappa shape index (κ2) is 4.79. The summed E-state index contributed by atoms with van der Waals surface area (Å²) < 4.78 is 0. The van der Waals surface area contributed by atoms with Crippen molar-refractivity contribution in [1.29, 1.82) is 0 Å². The zero-order valence-corrected chi connectivity index (χ0v) is 10.7. The van der Waals surface area contributed by atoms with E-state index < -0.39 is 0 Å². The van der Waals surface area contributed by atoms with Crippen molar-refractivity contribution in [2.45, 2.75) is 32.4 Å². The highest BCUT2D eigenvalue weighted by molar-refractivity contribution is 5.25. The van der Waals surface area contributed by atoms with Crippen LogP contribution in [-0.4, -0.2) is 30.6 Å². The predicted octanol–water partition coefficient (Wildman–Crippen LogP) is 2.18. The minimum absolute atomic E-state index is 0.757. The predicted molar refractivity (Wildman–Crippen MR) is 71.0 cm³/mol. The average molecular weight is 230 g/mol. The smallest absolute Gasteiger partial charge is 0.0237 e. The number of piperazine rings is 1. The summed E-state index contributed by atoms with van der Waals surface area (Å²) in [6.45, 7) is 6.93. The van der Waals surface area contributed by atoms with Gasteiger partial charge in [-0.05, 0) is 36.8 Å². The molecule has 0 spiro atoms. The summed E-state index contributed by atoms with van der Waals surface area (Å²) in [6, 6.07) is 9.53. The molecule has 3 rings (SSSR count). The first-order valence-electron chi connectivity index (χ1n) is 6.83. The molecule has 1 saturated heterocycles. The van der Waals surface area contributed by atoms with Crippen molar-refractivity contribution < 1.29 is 0 Å². The Kier molecular flexibility index (Phi) is 3.17. The summed E-state index contributed by atoms with van der Waals surface area (Å²) in [5.74, 6) is 0.967. The van der Waals surface area contributed by atoms with Crippen LogP contribution in [0.1, 0.15) is 24.0 Å². The van der Waals surface area contributed by atoms with Crippen LogP contribution >= 0.6 is 0 Å². The molecular formula is C15H22N2. The molecule has 1 aromatic rings.